The third-order valence-electron chi connectivity index (χ3n) is 3.13. The SMILES string of the molecule is CCOC=Nc1scc(-c2ccc(Cl)c(C)c2)c1C(=O)OCC. The molecule has 0 N–H and O–H groups in total. The van der Waals surface area contributed by atoms with Gasteiger partial charge in [0.25, 0.3) is 0 Å². The van der Waals surface area contributed by atoms with E-state index < -0.39 is 0 Å². The van der Waals surface area contributed by atoms with Crippen molar-refractivity contribution in [1.82, 2.24) is 0 Å². The number of carbonyl (C=O) groups is 1. The van der Waals surface area contributed by atoms with Crippen LogP contribution in [0.4, 0.5) is 5.00 Å². The van der Waals surface area contributed by atoms with Crippen LogP contribution in [-0.4, -0.2) is 25.6 Å². The van der Waals surface area contributed by atoms with Gasteiger partial charge in [-0.3, -0.25) is 0 Å². The summed E-state index contributed by atoms with van der Waals surface area (Å²) in [4.78, 5) is 16.6. The molecule has 1 aromatic heterocycles. The van der Waals surface area contributed by atoms with Gasteiger partial charge in [-0.05, 0) is 44.0 Å². The van der Waals surface area contributed by atoms with Gasteiger partial charge in [0.2, 0.25) is 0 Å². The third-order valence-corrected chi connectivity index (χ3v) is 4.44. The van der Waals surface area contributed by atoms with Gasteiger partial charge in [-0.25, -0.2) is 9.79 Å². The molecule has 122 valence electrons. The van der Waals surface area contributed by atoms with Gasteiger partial charge in [0.05, 0.1) is 13.2 Å². The molecule has 6 heteroatoms. The van der Waals surface area contributed by atoms with Gasteiger partial charge < -0.3 is 9.47 Å². The van der Waals surface area contributed by atoms with E-state index in [1.54, 1.807) is 6.92 Å². The summed E-state index contributed by atoms with van der Waals surface area (Å²) in [7, 11) is 0. The van der Waals surface area contributed by atoms with Crippen LogP contribution < -0.4 is 0 Å². The molecule has 0 radical (unpaired) electrons. The highest BCUT2D eigenvalue weighted by molar-refractivity contribution is 7.14. The molecular weight excluding hydrogens is 334 g/mol. The van der Waals surface area contributed by atoms with Crippen molar-refractivity contribution in [1.29, 1.82) is 0 Å². The predicted molar refractivity (Wildman–Crippen MR) is 95.2 cm³/mol. The predicted octanol–water partition coefficient (Wildman–Crippen LogP) is 5.25. The summed E-state index contributed by atoms with van der Waals surface area (Å²) in [5.41, 5.74) is 3.10. The lowest BCUT2D eigenvalue weighted by Crippen LogP contribution is -2.05. The van der Waals surface area contributed by atoms with Crippen LogP contribution in [0.1, 0.15) is 29.8 Å². The highest BCUT2D eigenvalue weighted by Crippen LogP contribution is 2.38. The van der Waals surface area contributed by atoms with Gasteiger partial charge in [0.15, 0.2) is 6.40 Å². The molecule has 4 nitrogen and oxygen atoms in total. The van der Waals surface area contributed by atoms with Crippen molar-refractivity contribution >= 4 is 40.3 Å². The molecular formula is C17H18ClNO3S. The van der Waals surface area contributed by atoms with Gasteiger partial charge >= 0.3 is 5.97 Å². The first kappa shape index (κ1) is 17.5. The number of halogens is 1. The van der Waals surface area contributed by atoms with Crippen LogP contribution in [0.25, 0.3) is 11.1 Å². The second kappa shape index (κ2) is 8.13. The molecule has 2 aromatic rings. The number of nitrogens with zero attached hydrogens (tertiary/aromatic N) is 1. The smallest absolute Gasteiger partial charge is 0.341 e. The molecule has 0 aliphatic heterocycles. The minimum atomic E-state index is -0.389. The normalized spacial score (nSPS) is 11.0. The zero-order valence-corrected chi connectivity index (χ0v) is 14.8. The Kier molecular flexibility index (Phi) is 6.19. The largest absolute Gasteiger partial charge is 0.483 e. The van der Waals surface area contributed by atoms with Gasteiger partial charge in [-0.2, -0.15) is 0 Å². The standard InChI is InChI=1S/C17H18ClNO3S/c1-4-21-10-19-16-15(17(20)22-5-2)13(9-23-16)12-6-7-14(18)11(3)8-12/h6-10H,4-5H2,1-3H3. The monoisotopic (exact) mass is 351 g/mol. The van der Waals surface area contributed by atoms with Gasteiger partial charge in [-0.1, -0.05) is 17.7 Å². The summed E-state index contributed by atoms with van der Waals surface area (Å²) in [5, 5.41) is 3.16. The number of aliphatic imine (C=N–C) groups is 1. The van der Waals surface area contributed by atoms with E-state index in [2.05, 4.69) is 4.99 Å². The lowest BCUT2D eigenvalue weighted by molar-refractivity contribution is 0.0529. The van der Waals surface area contributed by atoms with Crippen LogP contribution in [0, 0.1) is 6.92 Å². The number of carbonyl (C=O) groups excluding carboxylic acids is 1. The molecule has 0 bridgehead atoms. The van der Waals surface area contributed by atoms with E-state index >= 15 is 0 Å². The van der Waals surface area contributed by atoms with Gasteiger partial charge in [-0.15, -0.1) is 11.3 Å². The zero-order valence-electron chi connectivity index (χ0n) is 13.3. The van der Waals surface area contributed by atoms with Crippen molar-refractivity contribution in [2.24, 2.45) is 4.99 Å². The lowest BCUT2D eigenvalue weighted by atomic mass is 10.0. The second-order valence-electron chi connectivity index (χ2n) is 4.70. The van der Waals surface area contributed by atoms with Crippen molar-refractivity contribution < 1.29 is 14.3 Å². The number of esters is 1. The molecule has 2 rings (SSSR count). The van der Waals surface area contributed by atoms with E-state index in [0.29, 0.717) is 28.8 Å². The molecule has 0 saturated heterocycles. The third kappa shape index (κ3) is 4.12. The number of ether oxygens (including phenoxy) is 2. The van der Waals surface area contributed by atoms with E-state index in [1.165, 1.54) is 17.7 Å². The molecule has 1 heterocycles. The van der Waals surface area contributed by atoms with Crippen molar-refractivity contribution in [3.05, 3.63) is 39.7 Å². The average Bonchev–Trinajstić information content (AvgIpc) is 2.94. The number of hydrogen-bond donors (Lipinski definition) is 0. The zero-order chi connectivity index (χ0) is 16.8. The van der Waals surface area contributed by atoms with E-state index in [1.807, 2.05) is 37.4 Å². The molecule has 0 spiro atoms. The Morgan fingerprint density at radius 3 is 2.78 bits per heavy atom. The van der Waals surface area contributed by atoms with Crippen LogP contribution in [0.2, 0.25) is 5.02 Å². The molecule has 0 aliphatic rings. The molecule has 0 aliphatic carbocycles. The highest BCUT2D eigenvalue weighted by atomic mass is 35.5. The fraction of sp³-hybridized carbons (Fsp3) is 0.294. The summed E-state index contributed by atoms with van der Waals surface area (Å²) < 4.78 is 10.3. The van der Waals surface area contributed by atoms with Gasteiger partial charge in [0.1, 0.15) is 10.6 Å². The maximum absolute atomic E-state index is 12.3. The average molecular weight is 352 g/mol. The van der Waals surface area contributed by atoms with Crippen LogP contribution in [-0.2, 0) is 9.47 Å². The number of rotatable bonds is 6. The topological polar surface area (TPSA) is 47.9 Å². The Bertz CT molecular complexity index is 725. The molecule has 1 aromatic carbocycles. The van der Waals surface area contributed by atoms with Crippen LogP contribution in [0.3, 0.4) is 0 Å². The Balaban J connectivity index is 2.49. The Labute approximate surface area is 144 Å². The van der Waals surface area contributed by atoms with E-state index in [4.69, 9.17) is 21.1 Å². The first-order chi connectivity index (χ1) is 11.1. The Morgan fingerprint density at radius 2 is 2.13 bits per heavy atom. The molecule has 23 heavy (non-hydrogen) atoms. The molecule has 0 fully saturated rings. The van der Waals surface area contributed by atoms with E-state index in [0.717, 1.165) is 16.7 Å². The summed E-state index contributed by atoms with van der Waals surface area (Å²) in [6, 6.07) is 5.65. The second-order valence-corrected chi connectivity index (χ2v) is 5.97. The quantitative estimate of drug-likeness (QED) is 0.405. The van der Waals surface area contributed by atoms with Crippen LogP contribution >= 0.6 is 22.9 Å². The number of thiophene rings is 1. The number of aryl methyl sites for hydroxylation is 1. The Hall–Kier alpha value is -1.85. The van der Waals surface area contributed by atoms with Crippen LogP contribution in [0.5, 0.6) is 0 Å². The maximum Gasteiger partial charge on any atom is 0.341 e. The van der Waals surface area contributed by atoms with E-state index in [-0.39, 0.29) is 5.97 Å². The van der Waals surface area contributed by atoms with E-state index in [9.17, 15) is 4.79 Å². The lowest BCUT2D eigenvalue weighted by Gasteiger charge is -2.07. The molecule has 0 amide bonds. The molecule has 0 atom stereocenters. The van der Waals surface area contributed by atoms with Crippen molar-refractivity contribution in [2.75, 3.05) is 13.2 Å². The Morgan fingerprint density at radius 1 is 1.35 bits per heavy atom. The number of hydrogen-bond acceptors (Lipinski definition) is 5. The first-order valence-corrected chi connectivity index (χ1v) is 8.53. The summed E-state index contributed by atoms with van der Waals surface area (Å²) >= 11 is 7.45. The minimum absolute atomic E-state index is 0.308. The fourth-order valence-electron chi connectivity index (χ4n) is 2.03. The summed E-state index contributed by atoms with van der Waals surface area (Å²) in [6.07, 6.45) is 1.35. The first-order valence-electron chi connectivity index (χ1n) is 7.27. The van der Waals surface area contributed by atoms with Gasteiger partial charge in [0, 0.05) is 16.0 Å². The minimum Gasteiger partial charge on any atom is -0.483 e. The fourth-order valence-corrected chi connectivity index (χ4v) is 3.04. The van der Waals surface area contributed by atoms with Crippen molar-refractivity contribution in [2.45, 2.75) is 20.8 Å². The molecule has 0 unspecified atom stereocenters. The van der Waals surface area contributed by atoms with Crippen molar-refractivity contribution in [3.8, 4) is 11.1 Å². The van der Waals surface area contributed by atoms with Crippen LogP contribution in [0.15, 0.2) is 28.6 Å². The maximum atomic E-state index is 12.3. The van der Waals surface area contributed by atoms with Crippen molar-refractivity contribution in [3.63, 3.8) is 0 Å². The summed E-state index contributed by atoms with van der Waals surface area (Å²) in [5.74, 6) is -0.389. The summed E-state index contributed by atoms with van der Waals surface area (Å²) in [6.45, 7) is 6.40. The highest BCUT2D eigenvalue weighted by Gasteiger charge is 2.21. The number of benzene rings is 1. The molecule has 0 saturated carbocycles.